The molecule has 2 unspecified atom stereocenters. The second-order valence-corrected chi connectivity index (χ2v) is 7.51. The van der Waals surface area contributed by atoms with Crippen LogP contribution in [0.5, 0.6) is 0 Å². The summed E-state index contributed by atoms with van der Waals surface area (Å²) in [6.07, 6.45) is 19.2. The van der Waals surface area contributed by atoms with Crippen molar-refractivity contribution in [2.45, 2.75) is 53.4 Å². The fourth-order valence-electron chi connectivity index (χ4n) is 5.66. The Labute approximate surface area is 134 Å². The van der Waals surface area contributed by atoms with Crippen LogP contribution in [-0.2, 0) is 0 Å². The molecule has 0 bridgehead atoms. The average Bonchev–Trinajstić information content (AvgIpc) is 2.95. The van der Waals surface area contributed by atoms with Gasteiger partial charge < -0.3 is 0 Å². The van der Waals surface area contributed by atoms with E-state index < -0.39 is 0 Å². The molecule has 114 valence electrons. The summed E-state index contributed by atoms with van der Waals surface area (Å²) in [6, 6.07) is 0. The fourth-order valence-corrected chi connectivity index (χ4v) is 5.66. The van der Waals surface area contributed by atoms with Crippen LogP contribution in [0.15, 0.2) is 69.9 Å². The lowest BCUT2D eigenvalue weighted by Crippen LogP contribution is -2.45. The topological polar surface area (TPSA) is 0 Å². The van der Waals surface area contributed by atoms with E-state index in [-0.39, 0.29) is 10.8 Å². The van der Waals surface area contributed by atoms with Gasteiger partial charge in [-0.3, -0.25) is 0 Å². The lowest BCUT2D eigenvalue weighted by Gasteiger charge is -2.55. The van der Waals surface area contributed by atoms with Crippen molar-refractivity contribution in [3.63, 3.8) is 0 Å². The van der Waals surface area contributed by atoms with Crippen LogP contribution in [-0.4, -0.2) is 0 Å². The van der Waals surface area contributed by atoms with E-state index in [4.69, 9.17) is 0 Å². The summed E-state index contributed by atoms with van der Waals surface area (Å²) in [5.74, 6) is 0. The highest BCUT2D eigenvalue weighted by atomic mass is 14.6. The van der Waals surface area contributed by atoms with E-state index in [1.165, 1.54) is 36.8 Å². The highest BCUT2D eigenvalue weighted by Crippen LogP contribution is 2.65. The molecule has 1 saturated carbocycles. The second kappa shape index (κ2) is 4.47. The molecule has 0 spiro atoms. The SMILES string of the molecule is CCC12C=CC=C(C)C1=C1CCCC1=C1C(C)=CC=CC12C. The van der Waals surface area contributed by atoms with Crippen LogP contribution < -0.4 is 0 Å². The summed E-state index contributed by atoms with van der Waals surface area (Å²) in [5.41, 5.74) is 9.83. The summed E-state index contributed by atoms with van der Waals surface area (Å²) in [6.45, 7) is 9.47. The maximum absolute atomic E-state index is 2.50. The zero-order chi connectivity index (χ0) is 15.5. The normalized spacial score (nSPS) is 36.0. The van der Waals surface area contributed by atoms with Crippen LogP contribution in [0, 0.1) is 10.8 Å². The Balaban J connectivity index is 2.14. The Hall–Kier alpha value is -1.56. The molecule has 0 saturated heterocycles. The summed E-state index contributed by atoms with van der Waals surface area (Å²) in [7, 11) is 0. The molecule has 4 aliphatic carbocycles. The zero-order valence-electron chi connectivity index (χ0n) is 14.3. The second-order valence-electron chi connectivity index (χ2n) is 7.51. The first-order valence-corrected chi connectivity index (χ1v) is 8.76. The Morgan fingerprint density at radius 3 is 2.18 bits per heavy atom. The van der Waals surface area contributed by atoms with Crippen molar-refractivity contribution in [2.24, 2.45) is 10.8 Å². The van der Waals surface area contributed by atoms with E-state index in [0.717, 1.165) is 0 Å². The zero-order valence-corrected chi connectivity index (χ0v) is 14.3. The lowest BCUT2D eigenvalue weighted by molar-refractivity contribution is 0.234. The number of fused-ring (bicyclic) bond motifs is 4. The van der Waals surface area contributed by atoms with Crippen LogP contribution >= 0.6 is 0 Å². The molecule has 4 aliphatic rings. The van der Waals surface area contributed by atoms with Crippen LogP contribution in [0.4, 0.5) is 0 Å². The highest BCUT2D eigenvalue weighted by molar-refractivity contribution is 5.67. The van der Waals surface area contributed by atoms with Gasteiger partial charge in [-0.15, -0.1) is 0 Å². The third kappa shape index (κ3) is 1.44. The molecule has 0 radical (unpaired) electrons. The Morgan fingerprint density at radius 2 is 1.50 bits per heavy atom. The number of hydrogen-bond acceptors (Lipinski definition) is 0. The molecule has 0 amide bonds. The van der Waals surface area contributed by atoms with Gasteiger partial charge in [-0.2, -0.15) is 0 Å². The van der Waals surface area contributed by atoms with Gasteiger partial charge in [0, 0.05) is 10.8 Å². The van der Waals surface area contributed by atoms with Crippen molar-refractivity contribution in [1.82, 2.24) is 0 Å². The molecule has 0 N–H and O–H groups in total. The molecule has 0 aromatic heterocycles. The van der Waals surface area contributed by atoms with Gasteiger partial charge in [0.1, 0.15) is 0 Å². The standard InChI is InChI=1S/C22H26/c1-5-22-14-8-10-16(3)20(22)18-12-6-11-17(18)19-15(2)9-7-13-21(19,22)4/h7-10,13-14H,5-6,11-12H2,1-4H3. The number of rotatable bonds is 1. The third-order valence-electron chi connectivity index (χ3n) is 6.56. The quantitative estimate of drug-likeness (QED) is 0.538. The number of allylic oxidation sites excluding steroid dienone is 12. The van der Waals surface area contributed by atoms with E-state index >= 15 is 0 Å². The van der Waals surface area contributed by atoms with Crippen molar-refractivity contribution in [2.75, 3.05) is 0 Å². The molecule has 0 aliphatic heterocycles. The van der Waals surface area contributed by atoms with E-state index in [0.29, 0.717) is 0 Å². The predicted molar refractivity (Wildman–Crippen MR) is 94.5 cm³/mol. The van der Waals surface area contributed by atoms with Crippen molar-refractivity contribution < 1.29 is 0 Å². The van der Waals surface area contributed by atoms with Crippen LogP contribution in [0.2, 0.25) is 0 Å². The summed E-state index contributed by atoms with van der Waals surface area (Å²) >= 11 is 0. The molecule has 2 atom stereocenters. The molecule has 4 rings (SSSR count). The Kier molecular flexibility index (Phi) is 2.86. The fraction of sp³-hybridized carbons (Fsp3) is 0.455. The third-order valence-corrected chi connectivity index (χ3v) is 6.56. The van der Waals surface area contributed by atoms with Crippen LogP contribution in [0.1, 0.15) is 53.4 Å². The van der Waals surface area contributed by atoms with Gasteiger partial charge in [-0.25, -0.2) is 0 Å². The molecule has 0 heterocycles. The first-order chi connectivity index (χ1) is 10.5. The Bertz CT molecular complexity index is 732. The minimum absolute atomic E-state index is 0.102. The van der Waals surface area contributed by atoms with Gasteiger partial charge in [0.25, 0.3) is 0 Å². The van der Waals surface area contributed by atoms with Gasteiger partial charge in [-0.05, 0) is 73.0 Å². The first-order valence-electron chi connectivity index (χ1n) is 8.76. The van der Waals surface area contributed by atoms with Gasteiger partial charge >= 0.3 is 0 Å². The van der Waals surface area contributed by atoms with Gasteiger partial charge in [0.2, 0.25) is 0 Å². The lowest BCUT2D eigenvalue weighted by atomic mass is 9.48. The summed E-state index contributed by atoms with van der Waals surface area (Å²) in [4.78, 5) is 0. The molecule has 0 aromatic carbocycles. The van der Waals surface area contributed by atoms with E-state index in [1.54, 1.807) is 22.3 Å². The molecular formula is C22H26. The van der Waals surface area contributed by atoms with E-state index in [1.807, 2.05) is 0 Å². The molecule has 22 heavy (non-hydrogen) atoms. The van der Waals surface area contributed by atoms with Gasteiger partial charge in [0.05, 0.1) is 0 Å². The Morgan fingerprint density at radius 1 is 0.909 bits per heavy atom. The minimum Gasteiger partial charge on any atom is -0.0730 e. The molecule has 0 aromatic rings. The van der Waals surface area contributed by atoms with Crippen molar-refractivity contribution in [3.8, 4) is 0 Å². The monoisotopic (exact) mass is 290 g/mol. The minimum atomic E-state index is 0.102. The highest BCUT2D eigenvalue weighted by Gasteiger charge is 2.55. The van der Waals surface area contributed by atoms with Crippen molar-refractivity contribution in [1.29, 1.82) is 0 Å². The molecule has 0 nitrogen and oxygen atoms in total. The predicted octanol–water partition coefficient (Wildman–Crippen LogP) is 6.21. The van der Waals surface area contributed by atoms with Gasteiger partial charge in [0.15, 0.2) is 0 Å². The van der Waals surface area contributed by atoms with E-state index in [2.05, 4.69) is 64.2 Å². The molecular weight excluding hydrogens is 264 g/mol. The van der Waals surface area contributed by atoms with E-state index in [9.17, 15) is 0 Å². The summed E-state index contributed by atoms with van der Waals surface area (Å²) < 4.78 is 0. The van der Waals surface area contributed by atoms with Gasteiger partial charge in [-0.1, -0.05) is 50.3 Å². The average molecular weight is 290 g/mol. The summed E-state index contributed by atoms with van der Waals surface area (Å²) in [5, 5.41) is 0. The van der Waals surface area contributed by atoms with Crippen LogP contribution in [0.3, 0.4) is 0 Å². The van der Waals surface area contributed by atoms with Crippen molar-refractivity contribution >= 4 is 0 Å². The smallest absolute Gasteiger partial charge is 0.0267 e. The maximum Gasteiger partial charge on any atom is 0.0267 e. The maximum atomic E-state index is 2.50. The van der Waals surface area contributed by atoms with Crippen molar-refractivity contribution in [3.05, 3.63) is 69.9 Å². The molecule has 1 fully saturated rings. The molecule has 0 heteroatoms. The first kappa shape index (κ1) is 14.1. The largest absolute Gasteiger partial charge is 0.0730 e. The number of hydrogen-bond donors (Lipinski definition) is 0. The van der Waals surface area contributed by atoms with Crippen LogP contribution in [0.25, 0.3) is 0 Å².